The lowest BCUT2D eigenvalue weighted by Gasteiger charge is -2.16. The molecule has 108 valence electrons. The quantitative estimate of drug-likeness (QED) is 0.705. The van der Waals surface area contributed by atoms with Crippen molar-refractivity contribution in [1.29, 1.82) is 0 Å². The van der Waals surface area contributed by atoms with Crippen molar-refractivity contribution < 1.29 is 31.1 Å². The molecule has 1 aromatic carbocycles. The van der Waals surface area contributed by atoms with E-state index in [0.717, 1.165) is 12.1 Å². The van der Waals surface area contributed by atoms with Gasteiger partial charge >= 0.3 is 12.4 Å². The minimum Gasteiger partial charge on any atom is -0.294 e. The maximum absolute atomic E-state index is 12.8. The number of hydrogen-bond donors (Lipinski definition) is 0. The van der Waals surface area contributed by atoms with Crippen molar-refractivity contribution in [1.82, 2.24) is 0 Å². The molecule has 0 aromatic heterocycles. The topological polar surface area (TPSA) is 17.1 Å². The fraction of sp³-hybridized carbons (Fsp3) is 0.308. The summed E-state index contributed by atoms with van der Waals surface area (Å²) in [5.41, 5.74) is -2.24. The van der Waals surface area contributed by atoms with Crippen molar-refractivity contribution in [2.24, 2.45) is 0 Å². The van der Waals surface area contributed by atoms with E-state index in [-0.39, 0.29) is 29.8 Å². The van der Waals surface area contributed by atoms with Gasteiger partial charge in [-0.1, -0.05) is 18.2 Å². The SMILES string of the molecule is O=C1CCc2c1cccc2/C(=C\C(F)(F)F)C(F)(F)F. The highest BCUT2D eigenvalue weighted by Gasteiger charge is 2.41. The third-order valence-electron chi connectivity index (χ3n) is 2.98. The second-order valence-corrected chi connectivity index (χ2v) is 4.35. The highest BCUT2D eigenvalue weighted by molar-refractivity contribution is 6.02. The zero-order valence-corrected chi connectivity index (χ0v) is 9.90. The summed E-state index contributed by atoms with van der Waals surface area (Å²) in [5, 5.41) is 0. The number of carbonyl (C=O) groups is 1. The van der Waals surface area contributed by atoms with E-state index >= 15 is 0 Å². The molecule has 0 aliphatic heterocycles. The number of Topliss-reactive ketones (excluding diaryl/α,β-unsaturated/α-hetero) is 1. The Morgan fingerprint density at radius 3 is 2.25 bits per heavy atom. The number of benzene rings is 1. The summed E-state index contributed by atoms with van der Waals surface area (Å²) < 4.78 is 75.5. The van der Waals surface area contributed by atoms with E-state index in [2.05, 4.69) is 0 Å². The van der Waals surface area contributed by atoms with E-state index in [1.54, 1.807) is 0 Å². The molecular formula is C13H8F6O. The largest absolute Gasteiger partial charge is 0.417 e. The highest BCUT2D eigenvalue weighted by atomic mass is 19.4. The molecule has 0 radical (unpaired) electrons. The van der Waals surface area contributed by atoms with Gasteiger partial charge in [0.05, 0.1) is 5.57 Å². The molecule has 0 spiro atoms. The van der Waals surface area contributed by atoms with Crippen LogP contribution in [0.1, 0.15) is 27.9 Å². The number of alkyl halides is 6. The van der Waals surface area contributed by atoms with Gasteiger partial charge in [0, 0.05) is 18.1 Å². The molecule has 0 N–H and O–H groups in total. The normalized spacial score (nSPS) is 16.5. The van der Waals surface area contributed by atoms with Crippen LogP contribution in [0.3, 0.4) is 0 Å². The van der Waals surface area contributed by atoms with Crippen LogP contribution in [0.4, 0.5) is 26.3 Å². The van der Waals surface area contributed by atoms with E-state index in [4.69, 9.17) is 0 Å². The van der Waals surface area contributed by atoms with E-state index in [9.17, 15) is 31.1 Å². The summed E-state index contributed by atoms with van der Waals surface area (Å²) in [6.07, 6.45) is -10.9. The monoisotopic (exact) mass is 294 g/mol. The van der Waals surface area contributed by atoms with Gasteiger partial charge < -0.3 is 0 Å². The van der Waals surface area contributed by atoms with E-state index in [1.165, 1.54) is 6.07 Å². The minimum absolute atomic E-state index is 0.0174. The molecule has 2 rings (SSSR count). The second-order valence-electron chi connectivity index (χ2n) is 4.35. The van der Waals surface area contributed by atoms with Crippen molar-refractivity contribution in [2.45, 2.75) is 25.2 Å². The fourth-order valence-electron chi connectivity index (χ4n) is 2.22. The first kappa shape index (κ1) is 14.6. The Bertz CT molecular complexity index is 580. The Morgan fingerprint density at radius 1 is 1.05 bits per heavy atom. The van der Waals surface area contributed by atoms with Crippen molar-refractivity contribution in [3.8, 4) is 0 Å². The molecule has 0 saturated heterocycles. The lowest BCUT2D eigenvalue weighted by molar-refractivity contribution is -0.0911. The van der Waals surface area contributed by atoms with Crippen molar-refractivity contribution in [2.75, 3.05) is 0 Å². The molecule has 1 aliphatic rings. The van der Waals surface area contributed by atoms with Crippen LogP contribution in [-0.2, 0) is 6.42 Å². The van der Waals surface area contributed by atoms with Gasteiger partial charge in [-0.3, -0.25) is 4.79 Å². The number of allylic oxidation sites excluding steroid dienone is 2. The van der Waals surface area contributed by atoms with Gasteiger partial charge in [-0.15, -0.1) is 0 Å². The molecular weight excluding hydrogens is 286 g/mol. The van der Waals surface area contributed by atoms with Gasteiger partial charge in [0.2, 0.25) is 0 Å². The Kier molecular flexibility index (Phi) is 3.39. The zero-order chi connectivity index (χ0) is 15.1. The minimum atomic E-state index is -5.14. The van der Waals surface area contributed by atoms with Crippen LogP contribution in [0.2, 0.25) is 0 Å². The number of rotatable bonds is 1. The number of carbonyl (C=O) groups excluding carboxylic acids is 1. The molecule has 0 fully saturated rings. The zero-order valence-electron chi connectivity index (χ0n) is 9.90. The standard InChI is InChI=1S/C13H8F6O/c14-12(15,16)6-10(13(17,18)19)8-2-1-3-9-7(8)4-5-11(9)20/h1-3,6H,4-5H2/b10-6+. The fourth-order valence-corrected chi connectivity index (χ4v) is 2.22. The van der Waals surface area contributed by atoms with Gasteiger partial charge in [-0.05, 0) is 17.5 Å². The molecule has 0 amide bonds. The molecule has 0 bridgehead atoms. The second kappa shape index (κ2) is 4.64. The van der Waals surface area contributed by atoms with Gasteiger partial charge in [-0.25, -0.2) is 0 Å². The first-order valence-electron chi connectivity index (χ1n) is 5.62. The molecule has 7 heteroatoms. The van der Waals surface area contributed by atoms with Crippen LogP contribution in [0.5, 0.6) is 0 Å². The maximum atomic E-state index is 12.8. The molecule has 1 aliphatic carbocycles. The average Bonchev–Trinajstić information content (AvgIpc) is 2.66. The average molecular weight is 294 g/mol. The highest BCUT2D eigenvalue weighted by Crippen LogP contribution is 2.40. The lowest BCUT2D eigenvalue weighted by Crippen LogP contribution is -2.16. The summed E-state index contributed by atoms with van der Waals surface area (Å²) >= 11 is 0. The van der Waals surface area contributed by atoms with Crippen LogP contribution in [0, 0.1) is 0 Å². The van der Waals surface area contributed by atoms with Crippen LogP contribution in [0.25, 0.3) is 5.57 Å². The van der Waals surface area contributed by atoms with Crippen LogP contribution in [0.15, 0.2) is 24.3 Å². The number of ketones is 1. The van der Waals surface area contributed by atoms with Gasteiger partial charge in [-0.2, -0.15) is 26.3 Å². The van der Waals surface area contributed by atoms with Crippen molar-refractivity contribution in [3.63, 3.8) is 0 Å². The summed E-state index contributed by atoms with van der Waals surface area (Å²) in [7, 11) is 0. The molecule has 1 aromatic rings. The van der Waals surface area contributed by atoms with E-state index in [1.807, 2.05) is 0 Å². The smallest absolute Gasteiger partial charge is 0.294 e. The van der Waals surface area contributed by atoms with Gasteiger partial charge in [0.15, 0.2) is 5.78 Å². The number of halogens is 6. The summed E-state index contributed by atoms with van der Waals surface area (Å²) in [6, 6.07) is 3.45. The van der Waals surface area contributed by atoms with Gasteiger partial charge in [0.1, 0.15) is 0 Å². The summed E-state index contributed by atoms with van der Waals surface area (Å²) in [5.74, 6) is -0.351. The van der Waals surface area contributed by atoms with Crippen LogP contribution >= 0.6 is 0 Å². The molecule has 20 heavy (non-hydrogen) atoms. The first-order chi connectivity index (χ1) is 9.09. The Labute approximate surface area is 109 Å². The third kappa shape index (κ3) is 2.86. The molecule has 0 saturated carbocycles. The van der Waals surface area contributed by atoms with Gasteiger partial charge in [0.25, 0.3) is 0 Å². The number of hydrogen-bond acceptors (Lipinski definition) is 1. The lowest BCUT2D eigenvalue weighted by atomic mass is 9.96. The predicted molar refractivity (Wildman–Crippen MR) is 59.2 cm³/mol. The van der Waals surface area contributed by atoms with Crippen molar-refractivity contribution in [3.05, 3.63) is 41.0 Å². The molecule has 0 heterocycles. The van der Waals surface area contributed by atoms with E-state index in [0.29, 0.717) is 0 Å². The summed E-state index contributed by atoms with van der Waals surface area (Å²) in [6.45, 7) is 0. The Balaban J connectivity index is 2.64. The third-order valence-corrected chi connectivity index (χ3v) is 2.98. The van der Waals surface area contributed by atoms with E-state index < -0.39 is 29.6 Å². The Morgan fingerprint density at radius 2 is 1.70 bits per heavy atom. The molecule has 0 unspecified atom stereocenters. The van der Waals surface area contributed by atoms with Crippen LogP contribution < -0.4 is 0 Å². The first-order valence-corrected chi connectivity index (χ1v) is 5.62. The predicted octanol–water partition coefficient (Wildman–Crippen LogP) is 4.32. The van der Waals surface area contributed by atoms with Crippen LogP contribution in [-0.4, -0.2) is 18.1 Å². The number of fused-ring (bicyclic) bond motifs is 1. The molecule has 0 atom stereocenters. The maximum Gasteiger partial charge on any atom is 0.417 e. The van der Waals surface area contributed by atoms with Crippen molar-refractivity contribution >= 4 is 11.4 Å². The molecule has 1 nitrogen and oxygen atoms in total. The summed E-state index contributed by atoms with van der Waals surface area (Å²) in [4.78, 5) is 11.5. The Hall–Kier alpha value is -1.79.